The van der Waals surface area contributed by atoms with Gasteiger partial charge in [0, 0.05) is 22.9 Å². The molecule has 1 N–H and O–H groups in total. The fraction of sp³-hybridized carbons (Fsp3) is 0.308. The van der Waals surface area contributed by atoms with Crippen LogP contribution in [0.1, 0.15) is 26.3 Å². The summed E-state index contributed by atoms with van der Waals surface area (Å²) in [4.78, 5) is 27.6. The van der Waals surface area contributed by atoms with Gasteiger partial charge in [0.15, 0.2) is 6.61 Å². The first-order chi connectivity index (χ1) is 15.3. The number of nitrogens with zero attached hydrogens (tertiary/aromatic N) is 1. The summed E-state index contributed by atoms with van der Waals surface area (Å²) in [5.41, 5.74) is 0.932. The predicted octanol–water partition coefficient (Wildman–Crippen LogP) is 5.17. The number of fused-ring (bicyclic) bond motifs is 1. The molecule has 0 spiro atoms. The fourth-order valence-corrected chi connectivity index (χ4v) is 3.86. The summed E-state index contributed by atoms with van der Waals surface area (Å²) in [5.74, 6) is 0.558. The maximum atomic E-state index is 13.2. The number of benzene rings is 3. The summed E-state index contributed by atoms with van der Waals surface area (Å²) in [6.07, 6.45) is 0. The first-order valence-corrected chi connectivity index (χ1v) is 11.6. The molecule has 0 bridgehead atoms. The molecule has 0 saturated carbocycles. The number of hydrogen-bond donors (Lipinski definition) is 1. The summed E-state index contributed by atoms with van der Waals surface area (Å²) < 4.78 is 6.84. The average Bonchev–Trinajstić information content (AvgIpc) is 2.79. The van der Waals surface area contributed by atoms with E-state index in [0.717, 1.165) is 20.8 Å². The largest absolute Gasteiger partial charge is 0.483 e. The maximum Gasteiger partial charge on any atom is 0.261 e. The van der Waals surface area contributed by atoms with Gasteiger partial charge in [0.1, 0.15) is 11.8 Å². The van der Waals surface area contributed by atoms with Gasteiger partial charge in [-0.2, -0.15) is 0 Å². The van der Waals surface area contributed by atoms with E-state index in [-0.39, 0.29) is 18.4 Å². The monoisotopic (exact) mass is 496 g/mol. The van der Waals surface area contributed by atoms with E-state index < -0.39 is 6.04 Å². The van der Waals surface area contributed by atoms with Gasteiger partial charge in [-0.25, -0.2) is 0 Å². The van der Waals surface area contributed by atoms with E-state index in [9.17, 15) is 9.59 Å². The number of rotatable bonds is 9. The van der Waals surface area contributed by atoms with Crippen molar-refractivity contribution in [3.8, 4) is 5.75 Å². The van der Waals surface area contributed by atoms with Crippen LogP contribution in [-0.4, -0.2) is 35.9 Å². The van der Waals surface area contributed by atoms with Crippen LogP contribution in [0.15, 0.2) is 71.2 Å². The van der Waals surface area contributed by atoms with Gasteiger partial charge < -0.3 is 15.0 Å². The smallest absolute Gasteiger partial charge is 0.261 e. The highest BCUT2D eigenvalue weighted by molar-refractivity contribution is 9.10. The molecule has 0 aliphatic rings. The topological polar surface area (TPSA) is 58.6 Å². The van der Waals surface area contributed by atoms with Crippen molar-refractivity contribution in [2.45, 2.75) is 33.4 Å². The Morgan fingerprint density at radius 3 is 2.47 bits per heavy atom. The number of halogens is 1. The lowest BCUT2D eigenvalue weighted by Crippen LogP contribution is -2.49. The minimum atomic E-state index is -0.628. The number of hydrogen-bond acceptors (Lipinski definition) is 3. The molecule has 0 aliphatic carbocycles. The molecule has 0 aromatic heterocycles. The normalized spacial score (nSPS) is 11.9. The van der Waals surface area contributed by atoms with Crippen LogP contribution in [0.4, 0.5) is 0 Å². The predicted molar refractivity (Wildman–Crippen MR) is 131 cm³/mol. The zero-order valence-corrected chi connectivity index (χ0v) is 20.3. The molecule has 168 valence electrons. The number of carbonyl (C=O) groups is 2. The molecule has 32 heavy (non-hydrogen) atoms. The molecule has 6 heteroatoms. The highest BCUT2D eigenvalue weighted by Gasteiger charge is 2.26. The van der Waals surface area contributed by atoms with Crippen LogP contribution in [0.25, 0.3) is 10.8 Å². The average molecular weight is 497 g/mol. The SMILES string of the molecule is CC(C)CNC(=O)C(C)N(Cc1cccc(Br)c1)C(=O)COc1cccc2ccccc12. The van der Waals surface area contributed by atoms with Crippen molar-refractivity contribution in [1.29, 1.82) is 0 Å². The van der Waals surface area contributed by atoms with Gasteiger partial charge in [-0.15, -0.1) is 0 Å². The Morgan fingerprint density at radius 2 is 1.72 bits per heavy atom. The lowest BCUT2D eigenvalue weighted by molar-refractivity contribution is -0.142. The Labute approximate surface area is 197 Å². The van der Waals surface area contributed by atoms with Crippen LogP contribution >= 0.6 is 15.9 Å². The molecule has 0 saturated heterocycles. The van der Waals surface area contributed by atoms with E-state index in [2.05, 4.69) is 21.2 Å². The van der Waals surface area contributed by atoms with Crippen molar-refractivity contribution in [3.63, 3.8) is 0 Å². The van der Waals surface area contributed by atoms with Crippen LogP contribution in [0.5, 0.6) is 5.75 Å². The second-order valence-corrected chi connectivity index (χ2v) is 9.15. The zero-order chi connectivity index (χ0) is 23.1. The third-order valence-corrected chi connectivity index (χ3v) is 5.69. The third kappa shape index (κ3) is 6.33. The highest BCUT2D eigenvalue weighted by atomic mass is 79.9. The highest BCUT2D eigenvalue weighted by Crippen LogP contribution is 2.25. The maximum absolute atomic E-state index is 13.2. The van der Waals surface area contributed by atoms with E-state index >= 15 is 0 Å². The van der Waals surface area contributed by atoms with Gasteiger partial charge in [0.25, 0.3) is 5.91 Å². The number of carbonyl (C=O) groups excluding carboxylic acids is 2. The first kappa shape index (κ1) is 23.8. The van der Waals surface area contributed by atoms with E-state index in [0.29, 0.717) is 24.8 Å². The van der Waals surface area contributed by atoms with E-state index in [1.54, 1.807) is 11.8 Å². The minimum Gasteiger partial charge on any atom is -0.483 e. The van der Waals surface area contributed by atoms with Crippen LogP contribution in [0.2, 0.25) is 0 Å². The summed E-state index contributed by atoms with van der Waals surface area (Å²) in [6.45, 7) is 6.55. The van der Waals surface area contributed by atoms with Crippen LogP contribution in [0, 0.1) is 5.92 Å². The lowest BCUT2D eigenvalue weighted by Gasteiger charge is -2.29. The minimum absolute atomic E-state index is 0.149. The van der Waals surface area contributed by atoms with Gasteiger partial charge in [-0.1, -0.05) is 78.3 Å². The Balaban J connectivity index is 1.77. The first-order valence-electron chi connectivity index (χ1n) is 10.8. The van der Waals surface area contributed by atoms with Crippen LogP contribution < -0.4 is 10.1 Å². The second kappa shape index (κ2) is 11.1. The van der Waals surface area contributed by atoms with Crippen molar-refractivity contribution >= 4 is 38.5 Å². The Bertz CT molecular complexity index is 1080. The molecular weight excluding hydrogens is 468 g/mol. The summed E-state index contributed by atoms with van der Waals surface area (Å²) >= 11 is 3.47. The third-order valence-electron chi connectivity index (χ3n) is 5.19. The lowest BCUT2D eigenvalue weighted by atomic mass is 10.1. The molecule has 0 fully saturated rings. The Hall–Kier alpha value is -2.86. The quantitative estimate of drug-likeness (QED) is 0.444. The van der Waals surface area contributed by atoms with E-state index in [1.165, 1.54) is 0 Å². The van der Waals surface area contributed by atoms with E-state index in [4.69, 9.17) is 4.74 Å². The van der Waals surface area contributed by atoms with Crippen molar-refractivity contribution in [2.75, 3.05) is 13.2 Å². The van der Waals surface area contributed by atoms with Crippen LogP contribution in [-0.2, 0) is 16.1 Å². The van der Waals surface area contributed by atoms with Crippen molar-refractivity contribution in [1.82, 2.24) is 10.2 Å². The molecule has 0 heterocycles. The van der Waals surface area contributed by atoms with Crippen LogP contribution in [0.3, 0.4) is 0 Å². The van der Waals surface area contributed by atoms with E-state index in [1.807, 2.05) is 80.6 Å². The van der Waals surface area contributed by atoms with Crippen molar-refractivity contribution < 1.29 is 14.3 Å². The number of nitrogens with one attached hydrogen (secondary N) is 1. The van der Waals surface area contributed by atoms with Gasteiger partial charge in [0.05, 0.1) is 0 Å². The molecule has 0 aliphatic heterocycles. The summed E-state index contributed by atoms with van der Waals surface area (Å²) in [7, 11) is 0. The molecule has 3 aromatic rings. The van der Waals surface area contributed by atoms with Gasteiger partial charge in [0.2, 0.25) is 5.91 Å². The molecule has 1 atom stereocenters. The molecule has 0 radical (unpaired) electrons. The van der Waals surface area contributed by atoms with Crippen molar-refractivity contribution in [3.05, 3.63) is 76.8 Å². The standard InChI is InChI=1S/C26H29BrN2O3/c1-18(2)15-28-26(31)19(3)29(16-20-8-6-11-22(27)14-20)25(30)17-32-24-13-7-10-21-9-4-5-12-23(21)24/h4-14,18-19H,15-17H2,1-3H3,(H,28,31). The van der Waals surface area contributed by atoms with Gasteiger partial charge in [-0.3, -0.25) is 9.59 Å². The molecule has 3 rings (SSSR count). The Morgan fingerprint density at radius 1 is 1.00 bits per heavy atom. The van der Waals surface area contributed by atoms with Crippen molar-refractivity contribution in [2.24, 2.45) is 5.92 Å². The summed E-state index contributed by atoms with van der Waals surface area (Å²) in [6, 6.07) is 20.8. The molecule has 3 aromatic carbocycles. The number of amides is 2. The molecule has 5 nitrogen and oxygen atoms in total. The zero-order valence-electron chi connectivity index (χ0n) is 18.7. The fourth-order valence-electron chi connectivity index (χ4n) is 3.41. The van der Waals surface area contributed by atoms with Gasteiger partial charge in [-0.05, 0) is 42.0 Å². The molecular formula is C26H29BrN2O3. The number of ether oxygens (including phenoxy) is 1. The molecule has 1 unspecified atom stereocenters. The summed E-state index contributed by atoms with van der Waals surface area (Å²) in [5, 5.41) is 4.92. The van der Waals surface area contributed by atoms with Gasteiger partial charge >= 0.3 is 0 Å². The Kier molecular flexibility index (Phi) is 8.28. The molecule has 2 amide bonds. The second-order valence-electron chi connectivity index (χ2n) is 8.23.